The summed E-state index contributed by atoms with van der Waals surface area (Å²) in [6.45, 7) is 9.00. The summed E-state index contributed by atoms with van der Waals surface area (Å²) in [7, 11) is 1.71. The lowest BCUT2D eigenvalue weighted by molar-refractivity contribution is 0.117. The Kier molecular flexibility index (Phi) is 10.0. The lowest BCUT2D eigenvalue weighted by Gasteiger charge is -2.38. The number of methoxy groups -OCH3 is 1. The first-order valence-corrected chi connectivity index (χ1v) is 11.7. The molecule has 1 unspecified atom stereocenters. The van der Waals surface area contributed by atoms with Gasteiger partial charge in [0.2, 0.25) is 0 Å². The number of hydrogen-bond donors (Lipinski definition) is 1. The number of aryl methyl sites for hydroxylation is 1. The molecule has 2 saturated heterocycles. The van der Waals surface area contributed by atoms with E-state index in [0.717, 1.165) is 82.7 Å². The number of rotatable bonds is 8. The molecule has 182 valence electrons. The van der Waals surface area contributed by atoms with Crippen molar-refractivity contribution in [2.45, 2.75) is 38.8 Å². The molecule has 9 nitrogen and oxygen atoms in total. The molecule has 10 heteroatoms. The minimum Gasteiger partial charge on any atom is -0.497 e. The first-order valence-electron chi connectivity index (χ1n) is 11.7. The van der Waals surface area contributed by atoms with Crippen LogP contribution in [0.4, 0.5) is 5.69 Å². The average molecular weight is 569 g/mol. The Hall–Kier alpha value is -2.08. The number of aliphatic imine (C=N–C) groups is 1. The van der Waals surface area contributed by atoms with E-state index >= 15 is 0 Å². The quantitative estimate of drug-likeness (QED) is 0.297. The van der Waals surface area contributed by atoms with E-state index in [4.69, 9.17) is 14.5 Å². The van der Waals surface area contributed by atoms with Gasteiger partial charge in [-0.05, 0) is 25.0 Å². The van der Waals surface area contributed by atoms with Gasteiger partial charge < -0.3 is 29.2 Å². The summed E-state index contributed by atoms with van der Waals surface area (Å²) in [5, 5.41) is 11.8. The molecule has 1 N–H and O–H groups in total. The van der Waals surface area contributed by atoms with Gasteiger partial charge in [-0.1, -0.05) is 13.0 Å². The number of anilines is 1. The second-order valence-electron chi connectivity index (χ2n) is 8.20. The molecule has 2 aromatic rings. The largest absolute Gasteiger partial charge is 0.497 e. The van der Waals surface area contributed by atoms with Gasteiger partial charge in [0.05, 0.1) is 19.8 Å². The van der Waals surface area contributed by atoms with Crippen LogP contribution in [0.15, 0.2) is 35.6 Å². The van der Waals surface area contributed by atoms with E-state index in [1.54, 1.807) is 13.4 Å². The van der Waals surface area contributed by atoms with E-state index in [9.17, 15) is 0 Å². The van der Waals surface area contributed by atoms with E-state index in [2.05, 4.69) is 48.9 Å². The smallest absolute Gasteiger partial charge is 0.194 e. The third kappa shape index (κ3) is 6.95. The number of hydrogen-bond acceptors (Lipinski definition) is 6. The van der Waals surface area contributed by atoms with Crippen molar-refractivity contribution in [1.82, 2.24) is 25.0 Å². The minimum absolute atomic E-state index is 0. The van der Waals surface area contributed by atoms with Crippen LogP contribution in [0.5, 0.6) is 5.75 Å². The van der Waals surface area contributed by atoms with Crippen molar-refractivity contribution in [2.24, 2.45) is 4.99 Å². The number of piperazine rings is 1. The van der Waals surface area contributed by atoms with Crippen LogP contribution in [0, 0.1) is 0 Å². The van der Waals surface area contributed by atoms with Crippen molar-refractivity contribution in [3.8, 4) is 5.75 Å². The van der Waals surface area contributed by atoms with E-state index in [1.807, 2.05) is 12.1 Å². The Labute approximate surface area is 213 Å². The standard InChI is InChI=1S/C23H35N7O2.HI/c1-3-22-27-26-18-30(22)10-9-24-23(25-17-21-8-5-15-32-21)29-13-11-28(12-14-29)19-6-4-7-20(16-19)31-2;/h4,6-7,16,18,21H,3,5,8-15,17H2,1-2H3,(H,24,25);1H. The number of guanidine groups is 1. The normalized spacial score (nSPS) is 18.8. The summed E-state index contributed by atoms with van der Waals surface area (Å²) >= 11 is 0. The van der Waals surface area contributed by atoms with E-state index < -0.39 is 0 Å². The fourth-order valence-electron chi connectivity index (χ4n) is 4.26. The zero-order valence-electron chi connectivity index (χ0n) is 19.7. The van der Waals surface area contributed by atoms with Crippen LogP contribution in [-0.2, 0) is 17.7 Å². The Morgan fingerprint density at radius 3 is 2.85 bits per heavy atom. The van der Waals surface area contributed by atoms with Gasteiger partial charge in [-0.2, -0.15) is 0 Å². The van der Waals surface area contributed by atoms with Gasteiger partial charge >= 0.3 is 0 Å². The first kappa shape index (κ1) is 25.5. The average Bonchev–Trinajstić information content (AvgIpc) is 3.53. The molecule has 1 aromatic heterocycles. The Morgan fingerprint density at radius 2 is 2.12 bits per heavy atom. The van der Waals surface area contributed by atoms with Crippen LogP contribution in [0.1, 0.15) is 25.6 Å². The molecular formula is C23H36IN7O2. The van der Waals surface area contributed by atoms with Crippen LogP contribution >= 0.6 is 24.0 Å². The summed E-state index contributed by atoms with van der Waals surface area (Å²) in [6.07, 6.45) is 5.16. The van der Waals surface area contributed by atoms with E-state index in [1.165, 1.54) is 5.69 Å². The molecule has 1 aromatic carbocycles. The highest BCUT2D eigenvalue weighted by atomic mass is 127. The molecule has 2 fully saturated rings. The molecule has 3 heterocycles. The van der Waals surface area contributed by atoms with Gasteiger partial charge in [-0.3, -0.25) is 4.99 Å². The molecule has 2 aliphatic rings. The van der Waals surface area contributed by atoms with E-state index in [-0.39, 0.29) is 30.1 Å². The highest BCUT2D eigenvalue weighted by Crippen LogP contribution is 2.22. The van der Waals surface area contributed by atoms with Crippen molar-refractivity contribution in [2.75, 3.05) is 57.9 Å². The van der Waals surface area contributed by atoms with Crippen molar-refractivity contribution in [3.05, 3.63) is 36.4 Å². The SMILES string of the molecule is CCc1nncn1CCNC(=NCC1CCCO1)N1CCN(c2cccc(OC)c2)CC1.I. The van der Waals surface area contributed by atoms with Gasteiger partial charge in [-0.25, -0.2) is 0 Å². The maximum Gasteiger partial charge on any atom is 0.194 e. The van der Waals surface area contributed by atoms with Gasteiger partial charge in [0, 0.05) is 64.0 Å². The molecule has 0 saturated carbocycles. The second kappa shape index (κ2) is 13.0. The molecule has 0 spiro atoms. The van der Waals surface area contributed by atoms with Crippen molar-refractivity contribution in [3.63, 3.8) is 0 Å². The first-order chi connectivity index (χ1) is 15.8. The Balaban J connectivity index is 0.00000306. The molecular weight excluding hydrogens is 533 g/mol. The van der Waals surface area contributed by atoms with Crippen LogP contribution in [0.25, 0.3) is 0 Å². The maximum atomic E-state index is 5.79. The summed E-state index contributed by atoms with van der Waals surface area (Å²) in [6, 6.07) is 8.28. The fourth-order valence-corrected chi connectivity index (χ4v) is 4.26. The van der Waals surface area contributed by atoms with Crippen LogP contribution in [0.2, 0.25) is 0 Å². The number of nitrogens with one attached hydrogen (secondary N) is 1. The second-order valence-corrected chi connectivity index (χ2v) is 8.20. The van der Waals surface area contributed by atoms with Crippen LogP contribution < -0.4 is 15.0 Å². The summed E-state index contributed by atoms with van der Waals surface area (Å²) < 4.78 is 13.3. The molecule has 0 aliphatic carbocycles. The number of aromatic nitrogens is 3. The highest BCUT2D eigenvalue weighted by molar-refractivity contribution is 14.0. The topological polar surface area (TPSA) is 80.0 Å². The predicted octanol–water partition coefficient (Wildman–Crippen LogP) is 2.41. The molecule has 33 heavy (non-hydrogen) atoms. The predicted molar refractivity (Wildman–Crippen MR) is 141 cm³/mol. The van der Waals surface area contributed by atoms with Crippen LogP contribution in [0.3, 0.4) is 0 Å². The molecule has 0 amide bonds. The summed E-state index contributed by atoms with van der Waals surface area (Å²) in [5.41, 5.74) is 1.20. The monoisotopic (exact) mass is 569 g/mol. The molecule has 0 radical (unpaired) electrons. The maximum absolute atomic E-state index is 5.79. The molecule has 2 aliphatic heterocycles. The number of ether oxygens (including phenoxy) is 2. The summed E-state index contributed by atoms with van der Waals surface area (Å²) in [5.74, 6) is 2.87. The van der Waals surface area contributed by atoms with Gasteiger partial charge in [0.25, 0.3) is 0 Å². The third-order valence-corrected chi connectivity index (χ3v) is 6.11. The van der Waals surface area contributed by atoms with Crippen molar-refractivity contribution >= 4 is 35.6 Å². The molecule has 4 rings (SSSR count). The Bertz CT molecular complexity index is 877. The minimum atomic E-state index is 0. The molecule has 1 atom stereocenters. The lowest BCUT2D eigenvalue weighted by Crippen LogP contribution is -2.53. The zero-order valence-corrected chi connectivity index (χ0v) is 22.0. The van der Waals surface area contributed by atoms with Gasteiger partial charge in [-0.15, -0.1) is 34.2 Å². The van der Waals surface area contributed by atoms with E-state index in [0.29, 0.717) is 6.54 Å². The zero-order chi connectivity index (χ0) is 22.2. The van der Waals surface area contributed by atoms with Crippen molar-refractivity contribution < 1.29 is 9.47 Å². The van der Waals surface area contributed by atoms with Crippen LogP contribution in [-0.4, -0.2) is 84.7 Å². The fraction of sp³-hybridized carbons (Fsp3) is 0.609. The molecule has 0 bridgehead atoms. The summed E-state index contributed by atoms with van der Waals surface area (Å²) in [4.78, 5) is 9.71. The van der Waals surface area contributed by atoms with Gasteiger partial charge in [0.1, 0.15) is 17.9 Å². The third-order valence-electron chi connectivity index (χ3n) is 6.11. The number of nitrogens with zero attached hydrogens (tertiary/aromatic N) is 6. The van der Waals surface area contributed by atoms with Gasteiger partial charge in [0.15, 0.2) is 5.96 Å². The Morgan fingerprint density at radius 1 is 1.27 bits per heavy atom. The highest BCUT2D eigenvalue weighted by Gasteiger charge is 2.22. The lowest BCUT2D eigenvalue weighted by atomic mass is 10.2. The van der Waals surface area contributed by atoms with Crippen molar-refractivity contribution in [1.29, 1.82) is 0 Å². The number of benzene rings is 1. The number of halogens is 1.